The molecule has 0 heterocycles. The van der Waals surface area contributed by atoms with Gasteiger partial charge in [-0.2, -0.15) is 26.3 Å². The quantitative estimate of drug-likeness (QED) is 0.123. The van der Waals surface area contributed by atoms with Crippen molar-refractivity contribution in [1.82, 2.24) is 10.6 Å². The third kappa shape index (κ3) is 15.8. The lowest BCUT2D eigenvalue weighted by atomic mass is 9.83. The fraction of sp³-hybridized carbons (Fsp3) is 0.412. The van der Waals surface area contributed by atoms with E-state index in [4.69, 9.17) is 31.3 Å². The Kier molecular flexibility index (Phi) is 17.8. The predicted molar refractivity (Wildman–Crippen MR) is 185 cm³/mol. The van der Waals surface area contributed by atoms with Crippen LogP contribution >= 0.6 is 0 Å². The Bertz CT molecular complexity index is 1690. The van der Waals surface area contributed by atoms with Gasteiger partial charge in [-0.05, 0) is 61.1 Å². The SMILES string of the molecule is CC(C)C[C@H](N)C(=O)NCC(=O)Nc1ccc2c(c1)C(=O)c1ccc(NC(=O)CNC(=O)[C@@H](N)CC(C)C)cc1C2=O.O=C(O)C(F)(F)F.O=C(O)C(F)(F)F. The molecule has 0 spiro atoms. The van der Waals surface area contributed by atoms with Gasteiger partial charge in [-0.1, -0.05) is 27.7 Å². The number of carboxylic acids is 2. The lowest BCUT2D eigenvalue weighted by molar-refractivity contribution is -0.193. The minimum atomic E-state index is -5.08. The Morgan fingerprint density at radius 2 is 0.875 bits per heavy atom. The van der Waals surface area contributed by atoms with E-state index in [1.54, 1.807) is 0 Å². The number of amides is 4. The van der Waals surface area contributed by atoms with Gasteiger partial charge >= 0.3 is 24.3 Å². The summed E-state index contributed by atoms with van der Waals surface area (Å²) in [7, 11) is 0. The number of nitrogens with one attached hydrogen (secondary N) is 4. The maximum atomic E-state index is 13.2. The van der Waals surface area contributed by atoms with Crippen molar-refractivity contribution in [2.45, 2.75) is 65.0 Å². The summed E-state index contributed by atoms with van der Waals surface area (Å²) in [4.78, 5) is 93.2. The molecule has 2 atom stereocenters. The molecule has 10 N–H and O–H groups in total. The van der Waals surface area contributed by atoms with Gasteiger partial charge in [0.15, 0.2) is 11.6 Å². The van der Waals surface area contributed by atoms with Gasteiger partial charge in [0.1, 0.15) is 0 Å². The molecule has 1 aliphatic rings. The van der Waals surface area contributed by atoms with Gasteiger partial charge in [-0.15, -0.1) is 0 Å². The first-order chi connectivity index (χ1) is 25.6. The van der Waals surface area contributed by atoms with Crippen LogP contribution in [-0.2, 0) is 28.8 Å². The summed E-state index contributed by atoms with van der Waals surface area (Å²) < 4.78 is 63.5. The van der Waals surface area contributed by atoms with Crippen LogP contribution < -0.4 is 32.7 Å². The summed E-state index contributed by atoms with van der Waals surface area (Å²) in [5.41, 5.74) is 12.7. The summed E-state index contributed by atoms with van der Waals surface area (Å²) >= 11 is 0. The van der Waals surface area contributed by atoms with Gasteiger partial charge in [-0.3, -0.25) is 28.8 Å². The molecule has 16 nitrogen and oxygen atoms in total. The molecule has 0 fully saturated rings. The third-order valence-electron chi connectivity index (χ3n) is 7.04. The van der Waals surface area contributed by atoms with E-state index in [2.05, 4.69) is 21.3 Å². The number of hydrogen-bond acceptors (Lipinski definition) is 10. The summed E-state index contributed by atoms with van der Waals surface area (Å²) in [6, 6.07) is 7.21. The zero-order valence-electron chi connectivity index (χ0n) is 30.2. The highest BCUT2D eigenvalue weighted by molar-refractivity contribution is 6.29. The molecule has 0 radical (unpaired) electrons. The number of ketones is 2. The van der Waals surface area contributed by atoms with Crippen LogP contribution in [-0.4, -0.2) is 94.9 Å². The molecule has 2 aromatic rings. The van der Waals surface area contributed by atoms with Crippen molar-refractivity contribution < 1.29 is 74.9 Å². The van der Waals surface area contributed by atoms with E-state index in [1.807, 2.05) is 27.7 Å². The summed E-state index contributed by atoms with van der Waals surface area (Å²) in [6.07, 6.45) is -9.20. The first-order valence-electron chi connectivity index (χ1n) is 16.3. The second kappa shape index (κ2) is 20.7. The Hall–Kier alpha value is -5.90. The van der Waals surface area contributed by atoms with E-state index in [-0.39, 0.29) is 58.6 Å². The van der Waals surface area contributed by atoms with Crippen LogP contribution in [0.15, 0.2) is 36.4 Å². The van der Waals surface area contributed by atoms with Gasteiger partial charge < -0.3 is 42.9 Å². The number of carbonyl (C=O) groups excluding carboxylic acids is 6. The number of carbonyl (C=O) groups is 8. The van der Waals surface area contributed by atoms with Crippen LogP contribution in [0, 0.1) is 11.8 Å². The van der Waals surface area contributed by atoms with Crippen LogP contribution in [0.3, 0.4) is 0 Å². The topological polar surface area (TPSA) is 277 Å². The van der Waals surface area contributed by atoms with E-state index in [1.165, 1.54) is 36.4 Å². The van der Waals surface area contributed by atoms with E-state index in [0.29, 0.717) is 12.8 Å². The number of halogens is 6. The normalized spacial score (nSPS) is 13.0. The zero-order chi connectivity index (χ0) is 43.3. The summed E-state index contributed by atoms with van der Waals surface area (Å²) in [5.74, 6) is -7.82. The molecular weight excluding hydrogens is 766 g/mol. The van der Waals surface area contributed by atoms with Crippen LogP contribution in [0.25, 0.3) is 0 Å². The highest BCUT2D eigenvalue weighted by atomic mass is 19.4. The highest BCUT2D eigenvalue weighted by Gasteiger charge is 2.39. The largest absolute Gasteiger partial charge is 0.490 e. The van der Waals surface area contributed by atoms with Crippen molar-refractivity contribution in [1.29, 1.82) is 0 Å². The molecule has 2 aromatic carbocycles. The van der Waals surface area contributed by atoms with E-state index in [0.717, 1.165) is 0 Å². The van der Waals surface area contributed by atoms with E-state index in [9.17, 15) is 55.1 Å². The van der Waals surface area contributed by atoms with Crippen molar-refractivity contribution in [3.63, 3.8) is 0 Å². The van der Waals surface area contributed by atoms with Crippen LogP contribution in [0.4, 0.5) is 37.7 Å². The molecule has 308 valence electrons. The molecular formula is C34H40F6N6O10. The minimum absolute atomic E-state index is 0.116. The molecule has 4 amide bonds. The molecule has 0 unspecified atom stereocenters. The first kappa shape index (κ1) is 48.1. The number of anilines is 2. The maximum absolute atomic E-state index is 13.2. The van der Waals surface area contributed by atoms with Crippen LogP contribution in [0.5, 0.6) is 0 Å². The Labute approximate surface area is 314 Å². The van der Waals surface area contributed by atoms with Crippen LogP contribution in [0.1, 0.15) is 72.4 Å². The number of fused-ring (bicyclic) bond motifs is 2. The van der Waals surface area contributed by atoms with Crippen molar-refractivity contribution in [3.8, 4) is 0 Å². The minimum Gasteiger partial charge on any atom is -0.475 e. The molecule has 0 saturated carbocycles. The zero-order valence-corrected chi connectivity index (χ0v) is 30.2. The molecule has 0 saturated heterocycles. The second-order valence-corrected chi connectivity index (χ2v) is 12.8. The number of carboxylic acid groups (broad SMARTS) is 2. The summed E-state index contributed by atoms with van der Waals surface area (Å²) in [5, 5.41) is 24.4. The molecule has 0 bridgehead atoms. The van der Waals surface area contributed by atoms with Gasteiger partial charge in [-0.25, -0.2) is 9.59 Å². The lowest BCUT2D eigenvalue weighted by Crippen LogP contribution is -2.44. The fourth-order valence-corrected chi connectivity index (χ4v) is 4.54. The molecule has 1 aliphatic carbocycles. The average molecular weight is 807 g/mol. The highest BCUT2D eigenvalue weighted by Crippen LogP contribution is 2.31. The van der Waals surface area contributed by atoms with Gasteiger partial charge in [0.25, 0.3) is 0 Å². The smallest absolute Gasteiger partial charge is 0.475 e. The Morgan fingerprint density at radius 3 is 1.12 bits per heavy atom. The third-order valence-corrected chi connectivity index (χ3v) is 7.04. The lowest BCUT2D eigenvalue weighted by Gasteiger charge is -2.19. The van der Waals surface area contributed by atoms with Gasteiger partial charge in [0.2, 0.25) is 23.6 Å². The van der Waals surface area contributed by atoms with E-state index >= 15 is 0 Å². The Morgan fingerprint density at radius 1 is 0.589 bits per heavy atom. The van der Waals surface area contributed by atoms with Gasteiger partial charge in [0.05, 0.1) is 25.2 Å². The molecule has 56 heavy (non-hydrogen) atoms. The number of rotatable bonds is 12. The molecule has 3 rings (SSSR count). The van der Waals surface area contributed by atoms with Crippen molar-refractivity contribution in [3.05, 3.63) is 58.7 Å². The van der Waals surface area contributed by atoms with Crippen LogP contribution in [0.2, 0.25) is 0 Å². The standard InChI is InChI=1S/C30H38N6O6.2C2HF3O2/c1-15(2)9-23(31)29(41)33-13-25(37)35-17-5-7-19-21(11-17)27(39)20-8-6-18(12-22(20)28(19)40)36-26(38)14-34-30(42)24(32)10-16(3)4;2*3-2(4,5)1(6)7/h5-8,11-12,15-16,23-24H,9-10,13-14,31-32H2,1-4H3,(H,33,41)(H,34,42)(H,35,37)(H,36,38);2*(H,6,7)/t23-,24-;;/m0../s1. The predicted octanol–water partition coefficient (Wildman–Crippen LogP) is 2.58. The van der Waals surface area contributed by atoms with E-state index < -0.39 is 71.6 Å². The number of benzene rings is 2. The molecule has 0 aliphatic heterocycles. The molecule has 0 aromatic heterocycles. The monoisotopic (exact) mass is 806 g/mol. The van der Waals surface area contributed by atoms with Gasteiger partial charge in [0, 0.05) is 33.6 Å². The maximum Gasteiger partial charge on any atom is 0.490 e. The van der Waals surface area contributed by atoms with Crippen molar-refractivity contribution in [2.75, 3.05) is 23.7 Å². The number of hydrogen-bond donors (Lipinski definition) is 8. The number of alkyl halides is 6. The van der Waals surface area contributed by atoms with Crippen molar-refractivity contribution in [2.24, 2.45) is 23.3 Å². The van der Waals surface area contributed by atoms with Crippen molar-refractivity contribution >= 4 is 58.5 Å². The number of aliphatic carboxylic acids is 2. The number of nitrogens with two attached hydrogens (primary N) is 2. The Balaban J connectivity index is 0.000000949. The fourth-order valence-electron chi connectivity index (χ4n) is 4.54. The molecule has 22 heteroatoms. The average Bonchev–Trinajstić information content (AvgIpc) is 3.07. The second-order valence-electron chi connectivity index (χ2n) is 12.8. The summed E-state index contributed by atoms with van der Waals surface area (Å²) in [6.45, 7) is 7.14. The first-order valence-corrected chi connectivity index (χ1v) is 16.3.